The van der Waals surface area contributed by atoms with Gasteiger partial charge < -0.3 is 11.3 Å². The SMILES string of the molecule is N=C/C(=N\N)c1cccc(Br)c1. The Hall–Kier alpha value is -1.16. The molecule has 62 valence electrons. The molecular formula is C8H8BrN3. The Morgan fingerprint density at radius 3 is 2.83 bits per heavy atom. The topological polar surface area (TPSA) is 62.2 Å². The van der Waals surface area contributed by atoms with Crippen LogP contribution in [0.2, 0.25) is 0 Å². The summed E-state index contributed by atoms with van der Waals surface area (Å²) >= 11 is 3.32. The fourth-order valence-corrected chi connectivity index (χ4v) is 1.24. The van der Waals surface area contributed by atoms with Crippen molar-refractivity contribution in [2.24, 2.45) is 10.9 Å². The normalized spacial score (nSPS) is 11.2. The van der Waals surface area contributed by atoms with E-state index < -0.39 is 0 Å². The van der Waals surface area contributed by atoms with Crippen molar-refractivity contribution in [1.82, 2.24) is 0 Å². The fraction of sp³-hybridized carbons (Fsp3) is 0. The molecule has 0 unspecified atom stereocenters. The summed E-state index contributed by atoms with van der Waals surface area (Å²) in [5, 5.41) is 10.5. The number of hydrazone groups is 1. The van der Waals surface area contributed by atoms with E-state index in [1.54, 1.807) is 0 Å². The maximum absolute atomic E-state index is 7.02. The van der Waals surface area contributed by atoms with Gasteiger partial charge in [-0.05, 0) is 12.1 Å². The molecule has 0 saturated heterocycles. The van der Waals surface area contributed by atoms with Crippen LogP contribution in [0.15, 0.2) is 33.8 Å². The van der Waals surface area contributed by atoms with E-state index in [-0.39, 0.29) is 0 Å². The highest BCUT2D eigenvalue weighted by Crippen LogP contribution is 2.11. The van der Waals surface area contributed by atoms with Crippen LogP contribution in [-0.4, -0.2) is 11.9 Å². The van der Waals surface area contributed by atoms with Crippen LogP contribution < -0.4 is 5.84 Å². The van der Waals surface area contributed by atoms with Crippen LogP contribution in [0.3, 0.4) is 0 Å². The Kier molecular flexibility index (Phi) is 2.99. The van der Waals surface area contributed by atoms with Crippen molar-refractivity contribution in [3.8, 4) is 0 Å². The minimum Gasteiger partial charge on any atom is -0.323 e. The van der Waals surface area contributed by atoms with E-state index in [0.29, 0.717) is 5.71 Å². The van der Waals surface area contributed by atoms with Gasteiger partial charge in [-0.2, -0.15) is 5.10 Å². The second kappa shape index (κ2) is 4.01. The van der Waals surface area contributed by atoms with Gasteiger partial charge in [-0.1, -0.05) is 28.1 Å². The smallest absolute Gasteiger partial charge is 0.107 e. The number of halogens is 1. The lowest BCUT2D eigenvalue weighted by Crippen LogP contribution is -2.04. The first-order valence-electron chi connectivity index (χ1n) is 3.32. The summed E-state index contributed by atoms with van der Waals surface area (Å²) in [7, 11) is 0. The second-order valence-corrected chi connectivity index (χ2v) is 3.08. The molecule has 0 aliphatic carbocycles. The molecule has 3 N–H and O–H groups in total. The Morgan fingerprint density at radius 2 is 2.33 bits per heavy atom. The minimum absolute atomic E-state index is 0.469. The molecule has 1 aromatic carbocycles. The first-order valence-corrected chi connectivity index (χ1v) is 4.11. The van der Waals surface area contributed by atoms with Crippen LogP contribution in [-0.2, 0) is 0 Å². The maximum Gasteiger partial charge on any atom is 0.107 e. The number of rotatable bonds is 2. The summed E-state index contributed by atoms with van der Waals surface area (Å²) in [6.07, 6.45) is 1.13. The molecule has 4 heteroatoms. The highest BCUT2D eigenvalue weighted by atomic mass is 79.9. The maximum atomic E-state index is 7.02. The molecule has 0 saturated carbocycles. The molecule has 0 atom stereocenters. The summed E-state index contributed by atoms with van der Waals surface area (Å²) in [5.74, 6) is 5.09. The Morgan fingerprint density at radius 1 is 1.58 bits per heavy atom. The molecule has 1 aromatic rings. The van der Waals surface area contributed by atoms with Gasteiger partial charge in [0.05, 0.1) is 0 Å². The van der Waals surface area contributed by atoms with Gasteiger partial charge in [0.25, 0.3) is 0 Å². The number of benzene rings is 1. The van der Waals surface area contributed by atoms with Crippen molar-refractivity contribution in [3.63, 3.8) is 0 Å². The van der Waals surface area contributed by atoms with E-state index >= 15 is 0 Å². The lowest BCUT2D eigenvalue weighted by molar-refractivity contribution is 1.25. The summed E-state index contributed by atoms with van der Waals surface area (Å²) in [6.45, 7) is 0. The summed E-state index contributed by atoms with van der Waals surface area (Å²) in [6, 6.07) is 7.48. The highest BCUT2D eigenvalue weighted by Gasteiger charge is 1.98. The third kappa shape index (κ3) is 1.92. The van der Waals surface area contributed by atoms with Crippen molar-refractivity contribution >= 4 is 27.9 Å². The van der Waals surface area contributed by atoms with E-state index in [2.05, 4.69) is 21.0 Å². The van der Waals surface area contributed by atoms with E-state index in [1.807, 2.05) is 24.3 Å². The predicted molar refractivity (Wildman–Crippen MR) is 53.7 cm³/mol. The number of hydrogen-bond acceptors (Lipinski definition) is 3. The van der Waals surface area contributed by atoms with E-state index in [9.17, 15) is 0 Å². The van der Waals surface area contributed by atoms with Gasteiger partial charge >= 0.3 is 0 Å². The van der Waals surface area contributed by atoms with Crippen LogP contribution in [0, 0.1) is 5.41 Å². The molecule has 1 rings (SSSR count). The van der Waals surface area contributed by atoms with Crippen LogP contribution in [0.5, 0.6) is 0 Å². The fourth-order valence-electron chi connectivity index (χ4n) is 0.843. The Bertz CT molecular complexity index is 320. The Labute approximate surface area is 78.9 Å². The van der Waals surface area contributed by atoms with Gasteiger partial charge in [0.15, 0.2) is 0 Å². The largest absolute Gasteiger partial charge is 0.323 e. The van der Waals surface area contributed by atoms with Gasteiger partial charge in [-0.25, -0.2) is 0 Å². The summed E-state index contributed by atoms with van der Waals surface area (Å²) in [4.78, 5) is 0. The third-order valence-electron chi connectivity index (χ3n) is 1.40. The van der Waals surface area contributed by atoms with Crippen LogP contribution in [0.25, 0.3) is 0 Å². The Balaban J connectivity index is 3.10. The molecule has 0 aliphatic heterocycles. The van der Waals surface area contributed by atoms with Crippen molar-refractivity contribution in [2.75, 3.05) is 0 Å². The standard InChI is InChI=1S/C8H8BrN3/c9-7-3-1-2-6(4-7)8(5-10)12-11/h1-5,10H,11H2/b10-5?,12-8+. The number of nitrogens with zero attached hydrogens (tertiary/aromatic N) is 1. The highest BCUT2D eigenvalue weighted by molar-refractivity contribution is 9.10. The van der Waals surface area contributed by atoms with Crippen molar-refractivity contribution in [1.29, 1.82) is 5.41 Å². The second-order valence-electron chi connectivity index (χ2n) is 2.17. The van der Waals surface area contributed by atoms with Gasteiger partial charge in [0.2, 0.25) is 0 Å². The molecule has 0 radical (unpaired) electrons. The number of nitrogens with two attached hydrogens (primary N) is 1. The lowest BCUT2D eigenvalue weighted by Gasteiger charge is -1.98. The number of nitrogens with one attached hydrogen (secondary N) is 1. The summed E-state index contributed by atoms with van der Waals surface area (Å²) in [5.41, 5.74) is 1.30. The quantitative estimate of drug-likeness (QED) is 0.450. The first kappa shape index (κ1) is 8.93. The van der Waals surface area contributed by atoms with Crippen LogP contribution >= 0.6 is 15.9 Å². The molecule has 0 fully saturated rings. The molecule has 0 aliphatic rings. The van der Waals surface area contributed by atoms with Crippen molar-refractivity contribution in [3.05, 3.63) is 34.3 Å². The average molecular weight is 226 g/mol. The predicted octanol–water partition coefficient (Wildman–Crippen LogP) is 1.76. The molecule has 0 spiro atoms. The van der Waals surface area contributed by atoms with Crippen molar-refractivity contribution in [2.45, 2.75) is 0 Å². The monoisotopic (exact) mass is 225 g/mol. The third-order valence-corrected chi connectivity index (χ3v) is 1.89. The lowest BCUT2D eigenvalue weighted by atomic mass is 10.1. The van der Waals surface area contributed by atoms with Gasteiger partial charge in [0, 0.05) is 16.3 Å². The zero-order valence-corrected chi connectivity index (χ0v) is 7.88. The van der Waals surface area contributed by atoms with Crippen LogP contribution in [0.1, 0.15) is 5.56 Å². The summed E-state index contributed by atoms with van der Waals surface area (Å²) < 4.78 is 0.947. The molecule has 0 aromatic heterocycles. The average Bonchev–Trinajstić information content (AvgIpc) is 2.07. The molecule has 3 nitrogen and oxygen atoms in total. The van der Waals surface area contributed by atoms with Gasteiger partial charge in [-0.15, -0.1) is 0 Å². The first-order chi connectivity index (χ1) is 5.77. The minimum atomic E-state index is 0.469. The molecule has 0 bridgehead atoms. The van der Waals surface area contributed by atoms with Gasteiger partial charge in [-0.3, -0.25) is 0 Å². The van der Waals surface area contributed by atoms with Gasteiger partial charge in [0.1, 0.15) is 5.71 Å². The molecule has 0 heterocycles. The van der Waals surface area contributed by atoms with E-state index in [1.165, 1.54) is 0 Å². The zero-order valence-electron chi connectivity index (χ0n) is 6.29. The van der Waals surface area contributed by atoms with E-state index in [4.69, 9.17) is 11.3 Å². The molecular weight excluding hydrogens is 218 g/mol. The molecule has 12 heavy (non-hydrogen) atoms. The van der Waals surface area contributed by atoms with E-state index in [0.717, 1.165) is 16.3 Å². The zero-order chi connectivity index (χ0) is 8.97. The number of hydrogen-bond donors (Lipinski definition) is 2. The van der Waals surface area contributed by atoms with Crippen molar-refractivity contribution < 1.29 is 0 Å². The van der Waals surface area contributed by atoms with Crippen LogP contribution in [0.4, 0.5) is 0 Å². The molecule has 0 amide bonds.